The molecule has 0 radical (unpaired) electrons. The zero-order valence-electron chi connectivity index (χ0n) is 11.9. The molecule has 0 saturated carbocycles. The molecule has 20 heavy (non-hydrogen) atoms. The standard InChI is InChI=1S/C16H22N2O2/c1-17-9-8-11-4-2-3-5-13(11)16(19)18-14-10-12-6-7-15(14)20-12/h2-5,12,14-15,17H,6-10H2,1H3,(H,18,19). The van der Waals surface area contributed by atoms with Gasteiger partial charge in [0.2, 0.25) is 0 Å². The number of ether oxygens (including phenoxy) is 1. The van der Waals surface area contributed by atoms with Crippen LogP contribution in [0.25, 0.3) is 0 Å². The summed E-state index contributed by atoms with van der Waals surface area (Å²) in [6.07, 6.45) is 4.66. The summed E-state index contributed by atoms with van der Waals surface area (Å²) in [4.78, 5) is 12.5. The summed E-state index contributed by atoms with van der Waals surface area (Å²) < 4.78 is 5.79. The molecule has 3 rings (SSSR count). The molecule has 2 aliphatic heterocycles. The minimum atomic E-state index is 0.0397. The first-order valence-corrected chi connectivity index (χ1v) is 7.46. The number of carbonyl (C=O) groups is 1. The number of hydrogen-bond acceptors (Lipinski definition) is 3. The summed E-state index contributed by atoms with van der Waals surface area (Å²) in [7, 11) is 1.93. The number of benzene rings is 1. The van der Waals surface area contributed by atoms with Crippen LogP contribution in [0.3, 0.4) is 0 Å². The minimum Gasteiger partial charge on any atom is -0.373 e. The van der Waals surface area contributed by atoms with E-state index in [0.717, 1.165) is 43.4 Å². The van der Waals surface area contributed by atoms with Gasteiger partial charge in [-0.3, -0.25) is 4.79 Å². The molecule has 2 bridgehead atoms. The fourth-order valence-corrected chi connectivity index (χ4v) is 3.26. The van der Waals surface area contributed by atoms with Gasteiger partial charge in [-0.1, -0.05) is 18.2 Å². The fourth-order valence-electron chi connectivity index (χ4n) is 3.26. The Labute approximate surface area is 119 Å². The van der Waals surface area contributed by atoms with Crippen molar-refractivity contribution in [2.45, 2.75) is 43.9 Å². The van der Waals surface area contributed by atoms with Crippen molar-refractivity contribution in [3.63, 3.8) is 0 Å². The lowest BCUT2D eigenvalue weighted by molar-refractivity contribution is 0.0840. The van der Waals surface area contributed by atoms with Gasteiger partial charge in [-0.15, -0.1) is 0 Å². The first kappa shape index (κ1) is 13.6. The van der Waals surface area contributed by atoms with E-state index in [1.54, 1.807) is 0 Å². The third-order valence-corrected chi connectivity index (χ3v) is 4.33. The third-order valence-electron chi connectivity index (χ3n) is 4.33. The number of hydrogen-bond donors (Lipinski definition) is 2. The predicted octanol–water partition coefficient (Wildman–Crippen LogP) is 1.50. The zero-order chi connectivity index (χ0) is 13.9. The van der Waals surface area contributed by atoms with Gasteiger partial charge in [0.1, 0.15) is 0 Å². The Morgan fingerprint density at radius 1 is 1.35 bits per heavy atom. The van der Waals surface area contributed by atoms with E-state index >= 15 is 0 Å². The van der Waals surface area contributed by atoms with Crippen LogP contribution < -0.4 is 10.6 Å². The van der Waals surface area contributed by atoms with Crippen molar-refractivity contribution in [2.24, 2.45) is 0 Å². The molecular weight excluding hydrogens is 252 g/mol. The van der Waals surface area contributed by atoms with Crippen molar-refractivity contribution in [1.29, 1.82) is 0 Å². The van der Waals surface area contributed by atoms with Gasteiger partial charge < -0.3 is 15.4 Å². The lowest BCUT2D eigenvalue weighted by atomic mass is 9.95. The van der Waals surface area contributed by atoms with Crippen LogP contribution in [0.15, 0.2) is 24.3 Å². The van der Waals surface area contributed by atoms with E-state index in [1.165, 1.54) is 0 Å². The summed E-state index contributed by atoms with van der Waals surface area (Å²) in [5, 5.41) is 6.28. The predicted molar refractivity (Wildman–Crippen MR) is 77.8 cm³/mol. The van der Waals surface area contributed by atoms with Crippen LogP contribution in [-0.4, -0.2) is 37.7 Å². The summed E-state index contributed by atoms with van der Waals surface area (Å²) in [5.74, 6) is 0.0397. The normalized spacial score (nSPS) is 27.8. The van der Waals surface area contributed by atoms with E-state index in [1.807, 2.05) is 31.3 Å². The van der Waals surface area contributed by atoms with Gasteiger partial charge in [0.05, 0.1) is 18.2 Å². The molecule has 0 aromatic heterocycles. The molecule has 3 unspecified atom stereocenters. The highest BCUT2D eigenvalue weighted by molar-refractivity contribution is 5.96. The van der Waals surface area contributed by atoms with Crippen molar-refractivity contribution in [3.8, 4) is 0 Å². The molecule has 1 aromatic rings. The van der Waals surface area contributed by atoms with Crippen molar-refractivity contribution < 1.29 is 9.53 Å². The Morgan fingerprint density at radius 3 is 2.90 bits per heavy atom. The van der Waals surface area contributed by atoms with Gasteiger partial charge in [0.15, 0.2) is 0 Å². The summed E-state index contributed by atoms with van der Waals surface area (Å²) in [6.45, 7) is 0.877. The molecule has 2 fully saturated rings. The molecule has 1 aromatic carbocycles. The monoisotopic (exact) mass is 274 g/mol. The highest BCUT2D eigenvalue weighted by atomic mass is 16.5. The largest absolute Gasteiger partial charge is 0.373 e. The molecule has 2 saturated heterocycles. The fraction of sp³-hybridized carbons (Fsp3) is 0.562. The first-order valence-electron chi connectivity index (χ1n) is 7.46. The molecule has 2 heterocycles. The van der Waals surface area contributed by atoms with Crippen LogP contribution in [0.1, 0.15) is 35.2 Å². The van der Waals surface area contributed by atoms with Crippen LogP contribution in [0.2, 0.25) is 0 Å². The molecule has 108 valence electrons. The van der Waals surface area contributed by atoms with E-state index in [-0.39, 0.29) is 18.1 Å². The van der Waals surface area contributed by atoms with Crippen LogP contribution in [0, 0.1) is 0 Å². The van der Waals surface area contributed by atoms with Gasteiger partial charge in [-0.2, -0.15) is 0 Å². The maximum Gasteiger partial charge on any atom is 0.251 e. The molecule has 2 N–H and O–H groups in total. The first-order chi connectivity index (χ1) is 9.78. The second kappa shape index (κ2) is 5.94. The lowest BCUT2D eigenvalue weighted by Gasteiger charge is -2.20. The summed E-state index contributed by atoms with van der Waals surface area (Å²) >= 11 is 0. The summed E-state index contributed by atoms with van der Waals surface area (Å²) in [6, 6.07) is 8.05. The van der Waals surface area contributed by atoms with E-state index in [0.29, 0.717) is 6.10 Å². The smallest absolute Gasteiger partial charge is 0.251 e. The number of carbonyl (C=O) groups excluding carboxylic acids is 1. The Kier molecular flexibility index (Phi) is 4.03. The molecule has 0 spiro atoms. The zero-order valence-corrected chi connectivity index (χ0v) is 11.9. The third kappa shape index (κ3) is 2.72. The average Bonchev–Trinajstić information content (AvgIpc) is 3.08. The number of likely N-dealkylation sites (N-methyl/N-ethyl adjacent to an activating group) is 1. The van der Waals surface area contributed by atoms with Crippen LogP contribution in [0.4, 0.5) is 0 Å². The summed E-state index contributed by atoms with van der Waals surface area (Å²) in [5.41, 5.74) is 1.90. The topological polar surface area (TPSA) is 50.4 Å². The second-order valence-electron chi connectivity index (χ2n) is 5.70. The van der Waals surface area contributed by atoms with Crippen molar-refractivity contribution in [3.05, 3.63) is 35.4 Å². The van der Waals surface area contributed by atoms with Gasteiger partial charge in [-0.05, 0) is 50.9 Å². The van der Waals surface area contributed by atoms with Gasteiger partial charge in [0.25, 0.3) is 5.91 Å². The Balaban J connectivity index is 1.67. The Hall–Kier alpha value is -1.39. The number of fused-ring (bicyclic) bond motifs is 2. The van der Waals surface area contributed by atoms with Crippen LogP contribution >= 0.6 is 0 Å². The van der Waals surface area contributed by atoms with Crippen LogP contribution in [0.5, 0.6) is 0 Å². The highest BCUT2D eigenvalue weighted by Gasteiger charge is 2.41. The molecule has 2 aliphatic rings. The average molecular weight is 274 g/mol. The number of rotatable bonds is 5. The van der Waals surface area contributed by atoms with Gasteiger partial charge in [-0.25, -0.2) is 0 Å². The second-order valence-corrected chi connectivity index (χ2v) is 5.70. The molecule has 0 aliphatic carbocycles. The SMILES string of the molecule is CNCCc1ccccc1C(=O)NC1CC2CCC1O2. The molecular formula is C16H22N2O2. The van der Waals surface area contributed by atoms with E-state index in [2.05, 4.69) is 10.6 Å². The molecule has 4 nitrogen and oxygen atoms in total. The van der Waals surface area contributed by atoms with Gasteiger partial charge in [0, 0.05) is 5.56 Å². The molecule has 4 heteroatoms. The van der Waals surface area contributed by atoms with E-state index in [9.17, 15) is 4.79 Å². The van der Waals surface area contributed by atoms with E-state index < -0.39 is 0 Å². The van der Waals surface area contributed by atoms with Crippen molar-refractivity contribution in [2.75, 3.05) is 13.6 Å². The number of nitrogens with one attached hydrogen (secondary N) is 2. The number of amides is 1. The molecule has 3 atom stereocenters. The Morgan fingerprint density at radius 2 is 2.20 bits per heavy atom. The van der Waals surface area contributed by atoms with Crippen LogP contribution in [-0.2, 0) is 11.2 Å². The van der Waals surface area contributed by atoms with Crippen molar-refractivity contribution >= 4 is 5.91 Å². The quantitative estimate of drug-likeness (QED) is 0.855. The van der Waals surface area contributed by atoms with Gasteiger partial charge >= 0.3 is 0 Å². The van der Waals surface area contributed by atoms with E-state index in [4.69, 9.17) is 4.74 Å². The Bertz CT molecular complexity index is 489. The maximum absolute atomic E-state index is 12.5. The van der Waals surface area contributed by atoms with Crippen molar-refractivity contribution in [1.82, 2.24) is 10.6 Å². The lowest BCUT2D eigenvalue weighted by Crippen LogP contribution is -2.41. The highest BCUT2D eigenvalue weighted by Crippen LogP contribution is 2.34. The minimum absolute atomic E-state index is 0.0397. The maximum atomic E-state index is 12.5. The molecule has 1 amide bonds.